The third kappa shape index (κ3) is 4.20. The molecular weight excluding hydrogens is 254 g/mol. The van der Waals surface area contributed by atoms with Gasteiger partial charge < -0.3 is 19.9 Å². The Balaban J connectivity index is 1.89. The third-order valence-corrected chi connectivity index (χ3v) is 3.56. The molecule has 0 spiro atoms. The van der Waals surface area contributed by atoms with Crippen molar-refractivity contribution in [1.29, 1.82) is 0 Å². The van der Waals surface area contributed by atoms with Gasteiger partial charge in [-0.05, 0) is 38.8 Å². The minimum Gasteiger partial charge on any atom is -0.493 e. The zero-order valence-corrected chi connectivity index (χ0v) is 12.4. The Morgan fingerprint density at radius 3 is 3.05 bits per heavy atom. The Bertz CT molecular complexity index is 416. The van der Waals surface area contributed by atoms with Gasteiger partial charge in [-0.1, -0.05) is 11.6 Å². The Kier molecular flexibility index (Phi) is 5.83. The highest BCUT2D eigenvalue weighted by molar-refractivity contribution is 5.38. The van der Waals surface area contributed by atoms with Crippen molar-refractivity contribution in [2.24, 2.45) is 0 Å². The van der Waals surface area contributed by atoms with Crippen LogP contribution in [0.2, 0.25) is 0 Å². The molecule has 20 heavy (non-hydrogen) atoms. The van der Waals surface area contributed by atoms with Crippen LogP contribution >= 0.6 is 0 Å². The Morgan fingerprint density at radius 2 is 2.35 bits per heavy atom. The van der Waals surface area contributed by atoms with Gasteiger partial charge in [-0.15, -0.1) is 0 Å². The highest BCUT2D eigenvalue weighted by atomic mass is 16.5. The summed E-state index contributed by atoms with van der Waals surface area (Å²) in [4.78, 5) is 0. The van der Waals surface area contributed by atoms with Gasteiger partial charge in [0, 0.05) is 25.3 Å². The molecule has 0 aromatic heterocycles. The minimum absolute atomic E-state index is 0.297. The average molecular weight is 279 g/mol. The summed E-state index contributed by atoms with van der Waals surface area (Å²) in [5.41, 5.74) is 1.98. The summed E-state index contributed by atoms with van der Waals surface area (Å²) < 4.78 is 11.1. The molecule has 1 aromatic rings. The molecular formula is C16H25NO3. The van der Waals surface area contributed by atoms with E-state index in [4.69, 9.17) is 9.47 Å². The molecule has 0 amide bonds. The van der Waals surface area contributed by atoms with Crippen LogP contribution in [0.25, 0.3) is 0 Å². The lowest BCUT2D eigenvalue weighted by molar-refractivity contribution is 0.103. The summed E-state index contributed by atoms with van der Waals surface area (Å²) in [7, 11) is 0. The summed E-state index contributed by atoms with van der Waals surface area (Å²) in [5.74, 6) is 0.768. The number of hydrogen-bond donors (Lipinski definition) is 2. The minimum atomic E-state index is -0.558. The highest BCUT2D eigenvalue weighted by Crippen LogP contribution is 2.26. The quantitative estimate of drug-likeness (QED) is 0.803. The third-order valence-electron chi connectivity index (χ3n) is 3.56. The van der Waals surface area contributed by atoms with E-state index in [2.05, 4.69) is 5.32 Å². The Hall–Kier alpha value is -1.10. The molecule has 1 aliphatic heterocycles. The van der Waals surface area contributed by atoms with Crippen molar-refractivity contribution < 1.29 is 14.6 Å². The first-order valence-electron chi connectivity index (χ1n) is 7.44. The largest absolute Gasteiger partial charge is 0.493 e. The van der Waals surface area contributed by atoms with E-state index in [1.54, 1.807) is 0 Å². The summed E-state index contributed by atoms with van der Waals surface area (Å²) in [6.45, 7) is 6.75. The van der Waals surface area contributed by atoms with Gasteiger partial charge in [0.15, 0.2) is 0 Å². The second-order valence-electron chi connectivity index (χ2n) is 5.28. The molecule has 1 aromatic carbocycles. The van der Waals surface area contributed by atoms with Crippen LogP contribution in [0.15, 0.2) is 18.2 Å². The smallest absolute Gasteiger partial charge is 0.125 e. The van der Waals surface area contributed by atoms with Crippen LogP contribution in [0.4, 0.5) is 0 Å². The lowest BCUT2D eigenvalue weighted by Crippen LogP contribution is -2.30. The van der Waals surface area contributed by atoms with Crippen LogP contribution in [0.5, 0.6) is 5.75 Å². The zero-order chi connectivity index (χ0) is 14.4. The molecule has 0 aliphatic carbocycles. The van der Waals surface area contributed by atoms with E-state index in [1.807, 2.05) is 32.0 Å². The van der Waals surface area contributed by atoms with E-state index in [1.165, 1.54) is 0 Å². The molecule has 4 heteroatoms. The summed E-state index contributed by atoms with van der Waals surface area (Å²) >= 11 is 0. The zero-order valence-electron chi connectivity index (χ0n) is 12.4. The number of hydrogen-bond acceptors (Lipinski definition) is 4. The molecule has 1 aliphatic rings. The predicted octanol–water partition coefficient (Wildman–Crippen LogP) is 2.20. The van der Waals surface area contributed by atoms with Crippen LogP contribution in [0.3, 0.4) is 0 Å². The topological polar surface area (TPSA) is 50.7 Å². The second kappa shape index (κ2) is 7.62. The van der Waals surface area contributed by atoms with Crippen LogP contribution in [0, 0.1) is 6.92 Å². The summed E-state index contributed by atoms with van der Waals surface area (Å²) in [6.07, 6.45) is 1.99. The highest BCUT2D eigenvalue weighted by Gasteiger charge is 2.17. The first-order valence-corrected chi connectivity index (χ1v) is 7.44. The van der Waals surface area contributed by atoms with Crippen molar-refractivity contribution in [2.75, 3.05) is 26.3 Å². The van der Waals surface area contributed by atoms with Crippen molar-refractivity contribution in [1.82, 2.24) is 5.32 Å². The molecule has 2 N–H and O–H groups in total. The standard InChI is InChI=1S/C16H25NO3/c1-3-19-16-7-6-12(2)9-14(16)15(18)11-17-10-13-5-4-8-20-13/h6-7,9,13,15,17-18H,3-5,8,10-11H2,1-2H3. The molecule has 0 saturated carbocycles. The first kappa shape index (κ1) is 15.3. The molecule has 0 bridgehead atoms. The van der Waals surface area contributed by atoms with Crippen LogP contribution in [-0.2, 0) is 4.74 Å². The van der Waals surface area contributed by atoms with Gasteiger partial charge in [-0.2, -0.15) is 0 Å². The van der Waals surface area contributed by atoms with Crippen molar-refractivity contribution in [3.8, 4) is 5.75 Å². The summed E-state index contributed by atoms with van der Waals surface area (Å²) in [6, 6.07) is 5.92. The molecule has 1 fully saturated rings. The van der Waals surface area contributed by atoms with E-state index in [-0.39, 0.29) is 0 Å². The van der Waals surface area contributed by atoms with Crippen molar-refractivity contribution in [3.05, 3.63) is 29.3 Å². The number of rotatable bonds is 7. The van der Waals surface area contributed by atoms with Crippen LogP contribution < -0.4 is 10.1 Å². The lowest BCUT2D eigenvalue weighted by Gasteiger charge is -2.18. The van der Waals surface area contributed by atoms with Crippen molar-refractivity contribution >= 4 is 0 Å². The fourth-order valence-corrected chi connectivity index (χ4v) is 2.51. The molecule has 2 unspecified atom stereocenters. The molecule has 2 rings (SSSR count). The molecule has 2 atom stereocenters. The van der Waals surface area contributed by atoms with Gasteiger partial charge >= 0.3 is 0 Å². The second-order valence-corrected chi connectivity index (χ2v) is 5.28. The van der Waals surface area contributed by atoms with Gasteiger partial charge in [-0.25, -0.2) is 0 Å². The molecule has 1 saturated heterocycles. The molecule has 0 radical (unpaired) electrons. The van der Waals surface area contributed by atoms with E-state index >= 15 is 0 Å². The van der Waals surface area contributed by atoms with Gasteiger partial charge in [-0.3, -0.25) is 0 Å². The van der Waals surface area contributed by atoms with Crippen molar-refractivity contribution in [2.45, 2.75) is 38.9 Å². The van der Waals surface area contributed by atoms with Gasteiger partial charge in [0.05, 0.1) is 18.8 Å². The fourth-order valence-electron chi connectivity index (χ4n) is 2.51. The fraction of sp³-hybridized carbons (Fsp3) is 0.625. The maximum atomic E-state index is 10.3. The number of nitrogens with one attached hydrogen (secondary N) is 1. The van der Waals surface area contributed by atoms with Crippen LogP contribution in [0.1, 0.15) is 37.0 Å². The summed E-state index contributed by atoms with van der Waals surface area (Å²) in [5, 5.41) is 13.6. The number of aliphatic hydroxyl groups excluding tert-OH is 1. The van der Waals surface area contributed by atoms with Gasteiger partial charge in [0.2, 0.25) is 0 Å². The Labute approximate surface area is 121 Å². The number of benzene rings is 1. The number of aryl methyl sites for hydroxylation is 1. The van der Waals surface area contributed by atoms with Crippen LogP contribution in [-0.4, -0.2) is 37.5 Å². The maximum Gasteiger partial charge on any atom is 0.125 e. The monoisotopic (exact) mass is 279 g/mol. The normalized spacial score (nSPS) is 20.1. The number of aliphatic hydroxyl groups is 1. The van der Waals surface area contributed by atoms with E-state index in [0.29, 0.717) is 19.3 Å². The maximum absolute atomic E-state index is 10.3. The molecule has 1 heterocycles. The van der Waals surface area contributed by atoms with E-state index < -0.39 is 6.10 Å². The average Bonchev–Trinajstić information content (AvgIpc) is 2.94. The molecule has 4 nitrogen and oxygen atoms in total. The van der Waals surface area contributed by atoms with Gasteiger partial charge in [0.1, 0.15) is 5.75 Å². The first-order chi connectivity index (χ1) is 9.70. The van der Waals surface area contributed by atoms with E-state index in [0.717, 1.165) is 42.9 Å². The van der Waals surface area contributed by atoms with Gasteiger partial charge in [0.25, 0.3) is 0 Å². The number of ether oxygens (including phenoxy) is 2. The molecule has 112 valence electrons. The lowest BCUT2D eigenvalue weighted by atomic mass is 10.0. The SMILES string of the molecule is CCOc1ccc(C)cc1C(O)CNCC1CCCO1. The Morgan fingerprint density at radius 1 is 1.50 bits per heavy atom. The van der Waals surface area contributed by atoms with E-state index in [9.17, 15) is 5.11 Å². The van der Waals surface area contributed by atoms with Crippen molar-refractivity contribution in [3.63, 3.8) is 0 Å². The predicted molar refractivity (Wildman–Crippen MR) is 79.2 cm³/mol.